The zero-order valence-electron chi connectivity index (χ0n) is 6.91. The Morgan fingerprint density at radius 1 is 1.00 bits per heavy atom. The molecular formula is C5H9Cl3N2O2S2. The van der Waals surface area contributed by atoms with Gasteiger partial charge in [0.2, 0.25) is 0 Å². The van der Waals surface area contributed by atoms with Gasteiger partial charge in [0.15, 0.2) is 4.30 Å². The van der Waals surface area contributed by atoms with E-state index in [0.717, 1.165) is 23.5 Å². The van der Waals surface area contributed by atoms with E-state index in [1.165, 1.54) is 0 Å². The second-order valence-electron chi connectivity index (χ2n) is 1.58. The average Bonchev–Trinajstić information content (AvgIpc) is 1.96. The van der Waals surface area contributed by atoms with Gasteiger partial charge in [0.05, 0.1) is 0 Å². The van der Waals surface area contributed by atoms with Crippen LogP contribution in [0.2, 0.25) is 0 Å². The van der Waals surface area contributed by atoms with Gasteiger partial charge in [-0.05, 0) is 0 Å². The number of amides is 2. The fraction of sp³-hybridized carbons (Fsp3) is 0.600. The van der Waals surface area contributed by atoms with E-state index in [2.05, 4.69) is 0 Å². The molecule has 0 aliphatic heterocycles. The second kappa shape index (κ2) is 11.6. The molecule has 0 aromatic rings. The minimum absolute atomic E-state index is 0.426. The van der Waals surface area contributed by atoms with E-state index in [1.807, 2.05) is 0 Å². The molecular weight excluding hydrogens is 291 g/mol. The van der Waals surface area contributed by atoms with Gasteiger partial charge in [-0.3, -0.25) is 9.59 Å². The Hall–Kier alpha value is 0.510. The van der Waals surface area contributed by atoms with Crippen LogP contribution in [0.15, 0.2) is 0 Å². The molecule has 2 amide bonds. The molecule has 0 saturated carbocycles. The van der Waals surface area contributed by atoms with Crippen LogP contribution in [0.25, 0.3) is 0 Å². The van der Waals surface area contributed by atoms with Crippen LogP contribution in [0.1, 0.15) is 0 Å². The van der Waals surface area contributed by atoms with Gasteiger partial charge in [0.1, 0.15) is 0 Å². The van der Waals surface area contributed by atoms with Crippen LogP contribution in [0.5, 0.6) is 0 Å². The third kappa shape index (κ3) is 29.4. The predicted octanol–water partition coefficient (Wildman–Crippen LogP) is 2.60. The summed E-state index contributed by atoms with van der Waals surface area (Å²) in [6, 6.07) is 0. The van der Waals surface area contributed by atoms with E-state index in [4.69, 9.17) is 46.3 Å². The van der Waals surface area contributed by atoms with Gasteiger partial charge in [0.25, 0.3) is 10.5 Å². The van der Waals surface area contributed by atoms with Crippen molar-refractivity contribution in [3.63, 3.8) is 0 Å². The van der Waals surface area contributed by atoms with E-state index >= 15 is 0 Å². The highest BCUT2D eigenvalue weighted by Crippen LogP contribution is 2.05. The zero-order chi connectivity index (χ0) is 11.6. The smallest absolute Gasteiger partial charge is 0.276 e. The van der Waals surface area contributed by atoms with Gasteiger partial charge in [0, 0.05) is 11.5 Å². The number of hydrogen-bond acceptors (Lipinski definition) is 4. The molecule has 84 valence electrons. The van der Waals surface area contributed by atoms with E-state index in [-0.39, 0.29) is 0 Å². The Bertz CT molecular complexity index is 164. The predicted molar refractivity (Wildman–Crippen MR) is 65.4 cm³/mol. The van der Waals surface area contributed by atoms with Crippen LogP contribution in [0, 0.1) is 0 Å². The topological polar surface area (TPSA) is 86.2 Å². The summed E-state index contributed by atoms with van der Waals surface area (Å²) in [4.78, 5) is 20.2. The minimum Gasteiger partial charge on any atom is -0.361 e. The van der Waals surface area contributed by atoms with Crippen LogP contribution in [0.4, 0.5) is 9.59 Å². The molecule has 0 aliphatic carbocycles. The summed E-state index contributed by atoms with van der Waals surface area (Å²) in [5.74, 6) is 1.06. The maximum absolute atomic E-state index is 10.1. The number of hydrogen-bond donors (Lipinski definition) is 2. The Morgan fingerprint density at radius 3 is 1.36 bits per heavy atom. The van der Waals surface area contributed by atoms with Gasteiger partial charge in [-0.1, -0.05) is 58.3 Å². The molecule has 0 aromatic carbocycles. The van der Waals surface area contributed by atoms with Crippen molar-refractivity contribution >= 4 is 68.8 Å². The highest BCUT2D eigenvalue weighted by Gasteiger charge is 1.97. The highest BCUT2D eigenvalue weighted by atomic mass is 35.6. The normalized spacial score (nSPS) is 9.14. The Kier molecular flexibility index (Phi) is 14.0. The molecule has 0 spiro atoms. The number of thioether (sulfide) groups is 2. The third-order valence-corrected chi connectivity index (χ3v) is 2.22. The number of alkyl halides is 3. The van der Waals surface area contributed by atoms with Gasteiger partial charge in [-0.15, -0.1) is 0 Å². The van der Waals surface area contributed by atoms with Crippen molar-refractivity contribution in [2.45, 2.75) is 4.30 Å². The van der Waals surface area contributed by atoms with Crippen molar-refractivity contribution in [1.82, 2.24) is 0 Å². The van der Waals surface area contributed by atoms with Gasteiger partial charge < -0.3 is 11.5 Å². The molecule has 0 saturated heterocycles. The minimum atomic E-state index is -0.750. The standard InChI is InChI=1S/C4H8N2O2S2.CHCl3/c5-3(7)9-1-2-10-4(6)8;2-1(3)4/h1-2H2,(H2,5,7)(H2,6,8);1H. The maximum Gasteiger partial charge on any atom is 0.276 e. The fourth-order valence-corrected chi connectivity index (χ4v) is 1.35. The summed E-state index contributed by atoms with van der Waals surface area (Å²) in [7, 11) is 0. The lowest BCUT2D eigenvalue weighted by Gasteiger charge is -1.92. The van der Waals surface area contributed by atoms with Crippen LogP contribution >= 0.6 is 58.3 Å². The lowest BCUT2D eigenvalue weighted by atomic mass is 11.0. The van der Waals surface area contributed by atoms with Gasteiger partial charge in [-0.2, -0.15) is 0 Å². The first-order valence-electron chi connectivity index (χ1n) is 3.13. The van der Waals surface area contributed by atoms with Gasteiger partial charge >= 0.3 is 0 Å². The summed E-state index contributed by atoms with van der Waals surface area (Å²) in [5, 5.41) is -0.852. The van der Waals surface area contributed by atoms with Crippen molar-refractivity contribution in [1.29, 1.82) is 0 Å². The number of halogens is 3. The molecule has 9 heteroatoms. The van der Waals surface area contributed by atoms with E-state index in [0.29, 0.717) is 11.5 Å². The summed E-state index contributed by atoms with van der Waals surface area (Å²) in [6.07, 6.45) is 0. The molecule has 0 unspecified atom stereocenters. The lowest BCUT2D eigenvalue weighted by molar-refractivity contribution is 0.266. The number of rotatable bonds is 3. The first-order valence-corrected chi connectivity index (χ1v) is 6.41. The molecule has 14 heavy (non-hydrogen) atoms. The van der Waals surface area contributed by atoms with E-state index < -0.39 is 14.8 Å². The van der Waals surface area contributed by atoms with E-state index in [1.54, 1.807) is 0 Å². The molecule has 4 nitrogen and oxygen atoms in total. The first kappa shape index (κ1) is 16.9. The molecule has 0 bridgehead atoms. The largest absolute Gasteiger partial charge is 0.361 e. The van der Waals surface area contributed by atoms with Crippen molar-refractivity contribution < 1.29 is 9.59 Å². The number of nitrogens with two attached hydrogens (primary N) is 2. The summed E-state index contributed by atoms with van der Waals surface area (Å²) in [5.41, 5.74) is 9.62. The molecule has 0 radical (unpaired) electrons. The van der Waals surface area contributed by atoms with Crippen LogP contribution < -0.4 is 11.5 Å². The van der Waals surface area contributed by atoms with Crippen LogP contribution in [0.3, 0.4) is 0 Å². The Labute approximate surface area is 105 Å². The van der Waals surface area contributed by atoms with Crippen molar-refractivity contribution in [2.24, 2.45) is 11.5 Å². The molecule has 0 aliphatic rings. The van der Waals surface area contributed by atoms with E-state index in [9.17, 15) is 9.59 Å². The average molecular weight is 300 g/mol. The van der Waals surface area contributed by atoms with Crippen molar-refractivity contribution in [3.05, 3.63) is 0 Å². The van der Waals surface area contributed by atoms with Crippen molar-refractivity contribution in [2.75, 3.05) is 11.5 Å². The molecule has 0 heterocycles. The summed E-state index contributed by atoms with van der Waals surface area (Å²) < 4.78 is -0.750. The molecule has 0 atom stereocenters. The third-order valence-electron chi connectivity index (χ3n) is 0.572. The van der Waals surface area contributed by atoms with Crippen LogP contribution in [-0.4, -0.2) is 26.3 Å². The highest BCUT2D eigenvalue weighted by molar-refractivity contribution is 8.16. The SMILES string of the molecule is ClC(Cl)Cl.NC(=O)SCCSC(N)=O. The lowest BCUT2D eigenvalue weighted by Crippen LogP contribution is -2.07. The number of carbonyl (C=O) groups excluding carboxylic acids is 2. The molecule has 0 fully saturated rings. The summed E-state index contributed by atoms with van der Waals surface area (Å²) in [6.45, 7) is 0. The molecule has 4 N–H and O–H groups in total. The zero-order valence-corrected chi connectivity index (χ0v) is 10.8. The monoisotopic (exact) mass is 298 g/mol. The first-order chi connectivity index (χ1) is 6.36. The molecule has 0 rings (SSSR count). The summed E-state index contributed by atoms with van der Waals surface area (Å²) >= 11 is 16.4. The van der Waals surface area contributed by atoms with Crippen LogP contribution in [-0.2, 0) is 0 Å². The Balaban J connectivity index is 0. The van der Waals surface area contributed by atoms with Crippen molar-refractivity contribution in [3.8, 4) is 0 Å². The quantitative estimate of drug-likeness (QED) is 0.619. The molecule has 0 aromatic heterocycles. The fourth-order valence-electron chi connectivity index (χ4n) is 0.285. The number of carbonyl (C=O) groups is 2. The Morgan fingerprint density at radius 2 is 1.21 bits per heavy atom. The number of primary amides is 2. The van der Waals surface area contributed by atoms with Gasteiger partial charge in [-0.25, -0.2) is 0 Å². The second-order valence-corrected chi connectivity index (χ2v) is 5.76. The maximum atomic E-state index is 10.1.